The molecule has 4 aromatic carbocycles. The van der Waals surface area contributed by atoms with Crippen LogP contribution in [0.25, 0.3) is 38.4 Å². The molecule has 0 atom stereocenters. The van der Waals surface area contributed by atoms with Gasteiger partial charge in [-0.1, -0.05) is 24.3 Å². The molecule has 0 aliphatic heterocycles. The second-order valence-electron chi connectivity index (χ2n) is 13.3. The molecule has 1 spiro atoms. The zero-order valence-electron chi connectivity index (χ0n) is 27.4. The lowest BCUT2D eigenvalue weighted by Crippen LogP contribution is -2.30. The van der Waals surface area contributed by atoms with Crippen LogP contribution in [0.15, 0.2) is 29.7 Å². The normalized spacial score (nSPS) is 14.3. The van der Waals surface area contributed by atoms with Crippen molar-refractivity contribution in [3.8, 4) is 22.3 Å². The van der Waals surface area contributed by atoms with Crippen molar-refractivity contribution >= 4 is 27.5 Å². The second kappa shape index (κ2) is 8.80. The predicted molar refractivity (Wildman–Crippen MR) is 185 cm³/mol. The van der Waals surface area contributed by atoms with Crippen LogP contribution in [0.1, 0.15) is 89.0 Å². The van der Waals surface area contributed by atoms with E-state index in [1.54, 1.807) is 0 Å². The SMILES string of the molecule is Cc1c(C)c(C)c2c(c1C)-c1c(C)c(C)c(C)c(C)c1C1(C=Cc3ccc4ccsc4c31)c1c(C)c(C)c(C)c(C)c1-2. The van der Waals surface area contributed by atoms with Crippen molar-refractivity contribution in [3.63, 3.8) is 0 Å². The summed E-state index contributed by atoms with van der Waals surface area (Å²) >= 11 is 1.91. The molecular weight excluding hydrogens is 525 g/mol. The standard InChI is InChI=1S/C41H42S/c1-19-20(2)26(8)34-33(25(19)7)35-27(9)21(3)23(5)29(11)37(35)41(38-30(12)24(6)22(4)28(10)36(34)38)17-15-31-13-14-32-16-18-42-40(32)39(31)41/h13-18H,1-12H3. The molecular formula is C41H42S. The minimum atomic E-state index is -0.384. The van der Waals surface area contributed by atoms with E-state index in [1.807, 2.05) is 11.3 Å². The highest BCUT2D eigenvalue weighted by molar-refractivity contribution is 7.17. The van der Waals surface area contributed by atoms with Crippen LogP contribution in [0.2, 0.25) is 0 Å². The van der Waals surface area contributed by atoms with Crippen molar-refractivity contribution in [1.82, 2.24) is 0 Å². The highest BCUT2D eigenvalue weighted by atomic mass is 32.1. The van der Waals surface area contributed by atoms with E-state index < -0.39 is 0 Å². The van der Waals surface area contributed by atoms with Crippen molar-refractivity contribution in [2.45, 2.75) is 88.5 Å². The molecule has 0 N–H and O–H groups in total. The van der Waals surface area contributed by atoms with Crippen LogP contribution in [0.4, 0.5) is 0 Å². The molecule has 0 unspecified atom stereocenters. The fourth-order valence-corrected chi connectivity index (χ4v) is 9.63. The maximum atomic E-state index is 2.59. The Morgan fingerprint density at radius 3 is 1.33 bits per heavy atom. The summed E-state index contributed by atoms with van der Waals surface area (Å²) in [4.78, 5) is 0. The molecule has 2 aliphatic carbocycles. The van der Waals surface area contributed by atoms with Gasteiger partial charge < -0.3 is 0 Å². The summed E-state index contributed by atoms with van der Waals surface area (Å²) in [5, 5.41) is 3.63. The number of benzene rings is 4. The van der Waals surface area contributed by atoms with Gasteiger partial charge in [0.15, 0.2) is 0 Å². The highest BCUT2D eigenvalue weighted by Crippen LogP contribution is 2.62. The number of hydrogen-bond acceptors (Lipinski definition) is 1. The number of allylic oxidation sites excluding steroid dienone is 1. The molecule has 5 aromatic rings. The maximum Gasteiger partial charge on any atom is 0.0672 e. The van der Waals surface area contributed by atoms with Crippen LogP contribution >= 0.6 is 11.3 Å². The monoisotopic (exact) mass is 566 g/mol. The van der Waals surface area contributed by atoms with Gasteiger partial charge in [-0.15, -0.1) is 11.3 Å². The van der Waals surface area contributed by atoms with Gasteiger partial charge in [-0.25, -0.2) is 0 Å². The van der Waals surface area contributed by atoms with Crippen molar-refractivity contribution < 1.29 is 0 Å². The minimum Gasteiger partial charge on any atom is -0.143 e. The van der Waals surface area contributed by atoms with Crippen molar-refractivity contribution in [2.75, 3.05) is 0 Å². The average molecular weight is 567 g/mol. The third-order valence-corrected chi connectivity index (χ3v) is 12.9. The van der Waals surface area contributed by atoms with E-state index in [0.29, 0.717) is 0 Å². The van der Waals surface area contributed by atoms with Crippen LogP contribution in [-0.4, -0.2) is 0 Å². The van der Waals surface area contributed by atoms with Crippen LogP contribution in [-0.2, 0) is 5.41 Å². The van der Waals surface area contributed by atoms with Crippen LogP contribution < -0.4 is 0 Å². The Morgan fingerprint density at radius 2 is 0.857 bits per heavy atom. The van der Waals surface area contributed by atoms with Gasteiger partial charge in [-0.3, -0.25) is 0 Å². The van der Waals surface area contributed by atoms with E-state index in [-0.39, 0.29) is 5.41 Å². The lowest BCUT2D eigenvalue weighted by molar-refractivity contribution is 0.786. The van der Waals surface area contributed by atoms with Crippen LogP contribution in [0.5, 0.6) is 0 Å². The molecule has 1 heterocycles. The summed E-state index contributed by atoms with van der Waals surface area (Å²) in [6, 6.07) is 6.99. The summed E-state index contributed by atoms with van der Waals surface area (Å²) in [6.45, 7) is 28.4. The zero-order valence-corrected chi connectivity index (χ0v) is 28.2. The quantitative estimate of drug-likeness (QED) is 0.175. The molecule has 0 fully saturated rings. The number of hydrogen-bond donors (Lipinski definition) is 0. The zero-order chi connectivity index (χ0) is 30.2. The first-order valence-electron chi connectivity index (χ1n) is 15.4. The Labute approximate surface area is 256 Å². The van der Waals surface area contributed by atoms with Gasteiger partial charge in [0.1, 0.15) is 0 Å². The van der Waals surface area contributed by atoms with Gasteiger partial charge in [0, 0.05) is 4.70 Å². The Bertz CT molecular complexity index is 1990. The van der Waals surface area contributed by atoms with E-state index >= 15 is 0 Å². The molecule has 42 heavy (non-hydrogen) atoms. The van der Waals surface area contributed by atoms with Crippen LogP contribution in [0.3, 0.4) is 0 Å². The molecule has 1 aromatic heterocycles. The third kappa shape index (κ3) is 3.03. The van der Waals surface area contributed by atoms with E-state index in [9.17, 15) is 0 Å². The Kier molecular flexibility index (Phi) is 5.75. The second-order valence-corrected chi connectivity index (χ2v) is 14.2. The number of thiophene rings is 1. The highest BCUT2D eigenvalue weighted by Gasteiger charge is 2.49. The Morgan fingerprint density at radius 1 is 0.429 bits per heavy atom. The Balaban J connectivity index is 1.91. The fraction of sp³-hybridized carbons (Fsp3) is 0.317. The van der Waals surface area contributed by atoms with Gasteiger partial charge in [0.25, 0.3) is 0 Å². The predicted octanol–water partition coefficient (Wildman–Crippen LogP) is 11.6. The molecule has 2 aliphatic rings. The lowest BCUT2D eigenvalue weighted by atomic mass is 9.64. The molecule has 0 bridgehead atoms. The first kappa shape index (κ1) is 27.4. The summed E-state index contributed by atoms with van der Waals surface area (Å²) in [5.41, 5.74) is 28.4. The molecule has 0 nitrogen and oxygen atoms in total. The number of rotatable bonds is 0. The number of fused-ring (bicyclic) bond motifs is 11. The van der Waals surface area contributed by atoms with E-state index in [0.717, 1.165) is 0 Å². The van der Waals surface area contributed by atoms with E-state index in [2.05, 4.69) is 119 Å². The van der Waals surface area contributed by atoms with Crippen molar-refractivity contribution in [2.24, 2.45) is 0 Å². The van der Waals surface area contributed by atoms with Crippen molar-refractivity contribution in [1.29, 1.82) is 0 Å². The van der Waals surface area contributed by atoms with Crippen molar-refractivity contribution in [3.05, 3.63) is 119 Å². The molecule has 0 amide bonds. The van der Waals surface area contributed by atoms with Gasteiger partial charge in [0.2, 0.25) is 0 Å². The summed E-state index contributed by atoms with van der Waals surface area (Å²) in [6.07, 6.45) is 5.02. The van der Waals surface area contributed by atoms with Gasteiger partial charge in [-0.2, -0.15) is 0 Å². The van der Waals surface area contributed by atoms with E-state index in [4.69, 9.17) is 0 Å². The molecule has 212 valence electrons. The molecule has 0 saturated carbocycles. The maximum absolute atomic E-state index is 2.59. The van der Waals surface area contributed by atoms with Gasteiger partial charge in [-0.05, 0) is 211 Å². The Hall–Kier alpha value is -3.42. The van der Waals surface area contributed by atoms with Crippen LogP contribution in [0, 0.1) is 83.1 Å². The average Bonchev–Trinajstić information content (AvgIpc) is 3.58. The first-order valence-corrected chi connectivity index (χ1v) is 16.3. The van der Waals surface area contributed by atoms with E-state index in [1.165, 1.54) is 121 Å². The summed E-state index contributed by atoms with van der Waals surface area (Å²) in [7, 11) is 0. The third-order valence-electron chi connectivity index (χ3n) is 11.9. The molecule has 1 heteroatoms. The minimum absolute atomic E-state index is 0.384. The van der Waals surface area contributed by atoms with Gasteiger partial charge in [0.05, 0.1) is 5.41 Å². The molecule has 0 saturated heterocycles. The smallest absolute Gasteiger partial charge is 0.0672 e. The fourth-order valence-electron chi connectivity index (χ4n) is 8.61. The summed E-state index contributed by atoms with van der Waals surface area (Å²) in [5.74, 6) is 0. The van der Waals surface area contributed by atoms with Gasteiger partial charge >= 0.3 is 0 Å². The molecule has 0 radical (unpaired) electrons. The topological polar surface area (TPSA) is 0 Å². The first-order chi connectivity index (χ1) is 19.9. The largest absolute Gasteiger partial charge is 0.143 e. The molecule has 7 rings (SSSR count). The lowest BCUT2D eigenvalue weighted by Gasteiger charge is -2.38. The summed E-state index contributed by atoms with van der Waals surface area (Å²) < 4.78 is 1.42.